The van der Waals surface area contributed by atoms with Crippen LogP contribution >= 0.6 is 11.8 Å². The molecule has 3 unspecified atom stereocenters. The van der Waals surface area contributed by atoms with Gasteiger partial charge in [0.25, 0.3) is 0 Å². The fraction of sp³-hybridized carbons (Fsp3) is 0.821. The number of carbonyl (C=O) groups is 1. The van der Waals surface area contributed by atoms with Crippen molar-refractivity contribution in [1.29, 1.82) is 0 Å². The zero-order chi connectivity index (χ0) is 24.4. The normalized spacial score (nSPS) is 14.9. The highest BCUT2D eigenvalue weighted by atomic mass is 32.2. The van der Waals surface area contributed by atoms with Crippen LogP contribution in [0.1, 0.15) is 112 Å². The van der Waals surface area contributed by atoms with E-state index in [1.165, 1.54) is 63.4 Å². The van der Waals surface area contributed by atoms with E-state index in [1.807, 2.05) is 6.92 Å². The molecule has 0 fully saturated rings. The monoisotopic (exact) mass is 467 g/mol. The Morgan fingerprint density at radius 1 is 0.969 bits per heavy atom. The third-order valence-electron chi connectivity index (χ3n) is 6.19. The highest BCUT2D eigenvalue weighted by Crippen LogP contribution is 2.22. The van der Waals surface area contributed by atoms with Crippen LogP contribution in [0.2, 0.25) is 0 Å². The molecule has 4 heteroatoms. The lowest BCUT2D eigenvalue weighted by Crippen LogP contribution is -2.37. The first-order chi connectivity index (χ1) is 15.1. The SMILES string of the molecule is C=C(O)C(CSC/C=C(\C)CCCC(C)CCCC(C)CCCC(C)C)NC(=O)CCC. The molecule has 0 radical (unpaired) electrons. The first kappa shape index (κ1) is 31.1. The number of rotatable bonds is 20. The summed E-state index contributed by atoms with van der Waals surface area (Å²) in [6, 6.07) is -0.355. The summed E-state index contributed by atoms with van der Waals surface area (Å²) < 4.78 is 0. The Morgan fingerprint density at radius 3 is 2.06 bits per heavy atom. The topological polar surface area (TPSA) is 49.3 Å². The lowest BCUT2D eigenvalue weighted by atomic mass is 9.91. The Balaban J connectivity index is 3.92. The Morgan fingerprint density at radius 2 is 1.53 bits per heavy atom. The second kappa shape index (κ2) is 19.6. The molecule has 1 amide bonds. The minimum absolute atomic E-state index is 0.0188. The average molecular weight is 468 g/mol. The van der Waals surface area contributed by atoms with E-state index in [2.05, 4.69) is 52.6 Å². The quantitative estimate of drug-likeness (QED) is 0.107. The van der Waals surface area contributed by atoms with Gasteiger partial charge >= 0.3 is 0 Å². The molecule has 0 aliphatic rings. The number of thioether (sulfide) groups is 1. The summed E-state index contributed by atoms with van der Waals surface area (Å²) in [5.74, 6) is 4.13. The number of carbonyl (C=O) groups excluding carboxylic acids is 1. The van der Waals surface area contributed by atoms with Crippen LogP contribution in [-0.4, -0.2) is 28.6 Å². The predicted octanol–water partition coefficient (Wildman–Crippen LogP) is 8.46. The summed E-state index contributed by atoms with van der Waals surface area (Å²) >= 11 is 1.73. The predicted molar refractivity (Wildman–Crippen MR) is 144 cm³/mol. The lowest BCUT2D eigenvalue weighted by Gasteiger charge is -2.17. The molecule has 2 N–H and O–H groups in total. The van der Waals surface area contributed by atoms with Crippen molar-refractivity contribution in [3.8, 4) is 0 Å². The lowest BCUT2D eigenvalue weighted by molar-refractivity contribution is -0.121. The summed E-state index contributed by atoms with van der Waals surface area (Å²) in [5, 5.41) is 12.6. The number of hydrogen-bond acceptors (Lipinski definition) is 3. The molecule has 32 heavy (non-hydrogen) atoms. The molecule has 0 saturated carbocycles. The van der Waals surface area contributed by atoms with Gasteiger partial charge in [-0.05, 0) is 43.9 Å². The third kappa shape index (κ3) is 18.7. The number of aliphatic hydroxyl groups is 1. The van der Waals surface area contributed by atoms with Gasteiger partial charge in [-0.25, -0.2) is 0 Å². The maximum absolute atomic E-state index is 11.8. The van der Waals surface area contributed by atoms with Crippen LogP contribution in [0.4, 0.5) is 0 Å². The van der Waals surface area contributed by atoms with Crippen molar-refractivity contribution < 1.29 is 9.90 Å². The number of aliphatic hydroxyl groups excluding tert-OH is 1. The zero-order valence-corrected chi connectivity index (χ0v) is 22.9. The molecule has 3 atom stereocenters. The van der Waals surface area contributed by atoms with Crippen LogP contribution in [0.25, 0.3) is 0 Å². The maximum atomic E-state index is 11.8. The summed E-state index contributed by atoms with van der Waals surface area (Å²) in [5.41, 5.74) is 1.44. The smallest absolute Gasteiger partial charge is 0.220 e. The van der Waals surface area contributed by atoms with Crippen molar-refractivity contribution in [2.24, 2.45) is 17.8 Å². The first-order valence-electron chi connectivity index (χ1n) is 13.1. The summed E-state index contributed by atoms with van der Waals surface area (Å²) in [6.07, 6.45) is 15.6. The highest BCUT2D eigenvalue weighted by Gasteiger charge is 2.14. The van der Waals surface area contributed by atoms with Gasteiger partial charge in [0.1, 0.15) is 5.76 Å². The first-order valence-corrected chi connectivity index (χ1v) is 14.2. The minimum atomic E-state index is -0.355. The van der Waals surface area contributed by atoms with Gasteiger partial charge in [-0.15, -0.1) is 0 Å². The van der Waals surface area contributed by atoms with Crippen LogP contribution < -0.4 is 5.32 Å². The molecule has 0 aromatic rings. The molecule has 0 aliphatic heterocycles. The average Bonchev–Trinajstić information content (AvgIpc) is 2.70. The summed E-state index contributed by atoms with van der Waals surface area (Å²) in [7, 11) is 0. The van der Waals surface area contributed by atoms with Crippen molar-refractivity contribution in [2.45, 2.75) is 118 Å². The minimum Gasteiger partial charge on any atom is -0.511 e. The van der Waals surface area contributed by atoms with E-state index in [1.54, 1.807) is 11.8 Å². The van der Waals surface area contributed by atoms with Crippen LogP contribution in [0.5, 0.6) is 0 Å². The molecule has 0 spiro atoms. The summed E-state index contributed by atoms with van der Waals surface area (Å²) in [6.45, 7) is 17.3. The van der Waals surface area contributed by atoms with Crippen molar-refractivity contribution in [3.05, 3.63) is 24.0 Å². The van der Waals surface area contributed by atoms with Gasteiger partial charge in [0.2, 0.25) is 5.91 Å². The molecule has 0 aromatic heterocycles. The Kier molecular flexibility index (Phi) is 19.0. The standard InChI is InChI=1S/C28H53NO2S/c1-8-12-28(31)29-27(26(7)30)21-32-20-19-25(6)18-11-17-24(5)16-10-15-23(4)14-9-13-22(2)3/h19,22-24,27,30H,7-18,20-21H2,1-6H3,(H,29,31)/b25-19+. The van der Waals surface area contributed by atoms with Crippen LogP contribution in [0.3, 0.4) is 0 Å². The van der Waals surface area contributed by atoms with Crippen molar-refractivity contribution in [2.75, 3.05) is 11.5 Å². The van der Waals surface area contributed by atoms with Gasteiger partial charge in [-0.3, -0.25) is 4.79 Å². The van der Waals surface area contributed by atoms with E-state index in [9.17, 15) is 9.90 Å². The van der Waals surface area contributed by atoms with E-state index in [0.717, 1.165) is 29.9 Å². The second-order valence-corrected chi connectivity index (χ2v) is 11.4. The molecule has 0 rings (SSSR count). The Labute approximate surface area is 204 Å². The van der Waals surface area contributed by atoms with Gasteiger partial charge in [0.05, 0.1) is 6.04 Å². The fourth-order valence-corrected chi connectivity index (χ4v) is 4.96. The molecule has 0 bridgehead atoms. The molecule has 0 saturated heterocycles. The van der Waals surface area contributed by atoms with E-state index in [0.29, 0.717) is 12.2 Å². The van der Waals surface area contributed by atoms with Crippen molar-refractivity contribution in [3.63, 3.8) is 0 Å². The molecule has 0 aliphatic carbocycles. The molecule has 188 valence electrons. The number of hydrogen-bond donors (Lipinski definition) is 2. The van der Waals surface area contributed by atoms with Gasteiger partial charge in [0.15, 0.2) is 0 Å². The van der Waals surface area contributed by atoms with E-state index in [4.69, 9.17) is 0 Å². The maximum Gasteiger partial charge on any atom is 0.220 e. The molecule has 0 heterocycles. The molecular formula is C28H53NO2S. The molecule has 0 aromatic carbocycles. The third-order valence-corrected chi connectivity index (χ3v) is 7.16. The number of allylic oxidation sites excluding steroid dienone is 1. The van der Waals surface area contributed by atoms with Crippen molar-refractivity contribution in [1.82, 2.24) is 5.32 Å². The van der Waals surface area contributed by atoms with Gasteiger partial charge in [0, 0.05) is 17.9 Å². The Hall–Kier alpha value is -0.900. The van der Waals surface area contributed by atoms with E-state index >= 15 is 0 Å². The highest BCUT2D eigenvalue weighted by molar-refractivity contribution is 7.99. The number of amides is 1. The van der Waals surface area contributed by atoms with Crippen LogP contribution in [0.15, 0.2) is 24.0 Å². The van der Waals surface area contributed by atoms with E-state index in [-0.39, 0.29) is 17.7 Å². The van der Waals surface area contributed by atoms with Crippen molar-refractivity contribution >= 4 is 17.7 Å². The molecule has 3 nitrogen and oxygen atoms in total. The van der Waals surface area contributed by atoms with Gasteiger partial charge in [-0.2, -0.15) is 11.8 Å². The van der Waals surface area contributed by atoms with Crippen LogP contribution in [-0.2, 0) is 4.79 Å². The second-order valence-electron chi connectivity index (χ2n) is 10.3. The number of nitrogens with one attached hydrogen (secondary N) is 1. The largest absolute Gasteiger partial charge is 0.511 e. The fourth-order valence-electron chi connectivity index (χ4n) is 3.91. The Bertz CT molecular complexity index is 530. The molecular weight excluding hydrogens is 414 g/mol. The van der Waals surface area contributed by atoms with Gasteiger partial charge in [-0.1, -0.05) is 97.8 Å². The summed E-state index contributed by atoms with van der Waals surface area (Å²) in [4.78, 5) is 11.8. The van der Waals surface area contributed by atoms with Crippen LogP contribution in [0, 0.1) is 17.8 Å². The zero-order valence-electron chi connectivity index (χ0n) is 22.0. The van der Waals surface area contributed by atoms with E-state index < -0.39 is 0 Å². The van der Waals surface area contributed by atoms with Gasteiger partial charge < -0.3 is 10.4 Å².